The summed E-state index contributed by atoms with van der Waals surface area (Å²) >= 11 is 0. The van der Waals surface area contributed by atoms with Crippen LogP contribution in [0.4, 0.5) is 0 Å². The van der Waals surface area contributed by atoms with Gasteiger partial charge in [-0.15, -0.1) is 0 Å². The Morgan fingerprint density at radius 3 is 1.33 bits per heavy atom. The van der Waals surface area contributed by atoms with Crippen molar-refractivity contribution in [1.29, 1.82) is 0 Å². The van der Waals surface area contributed by atoms with Crippen LogP contribution in [0.5, 0.6) is 0 Å². The van der Waals surface area contributed by atoms with E-state index >= 15 is 0 Å². The van der Waals surface area contributed by atoms with Gasteiger partial charge in [0.1, 0.15) is 0 Å². The Morgan fingerprint density at radius 2 is 1.33 bits per heavy atom. The summed E-state index contributed by atoms with van der Waals surface area (Å²) in [5, 5.41) is 0. The van der Waals surface area contributed by atoms with E-state index in [0.29, 0.717) is 0 Å². The smallest absolute Gasteiger partial charge is 0.517 e. The van der Waals surface area contributed by atoms with E-state index in [0.717, 1.165) is 0 Å². The molecule has 0 aromatic carbocycles. The van der Waals surface area contributed by atoms with Gasteiger partial charge in [-0.1, -0.05) is 26.2 Å². The van der Waals surface area contributed by atoms with E-state index in [-0.39, 0.29) is 24.9 Å². The number of hydrogen-bond donors (Lipinski definition) is 0. The standard InChI is InChI=1S/C6H11.C2H5.Zn/c1-5-6(2,3)4;1-2;/h1,5H,2-4H3;1H2,2H3;/q2*-1;+2. The summed E-state index contributed by atoms with van der Waals surface area (Å²) in [7, 11) is 0. The largest absolute Gasteiger partial charge is 2.00 e. The van der Waals surface area contributed by atoms with Crippen molar-refractivity contribution < 1.29 is 19.5 Å². The minimum absolute atomic E-state index is 0. The molecule has 0 aromatic heterocycles. The van der Waals surface area contributed by atoms with Crippen molar-refractivity contribution in [2.24, 2.45) is 5.41 Å². The van der Waals surface area contributed by atoms with Crippen molar-refractivity contribution >= 4 is 0 Å². The van der Waals surface area contributed by atoms with Gasteiger partial charge in [0.05, 0.1) is 0 Å². The Bertz CT molecular complexity index is 50.1. The molecular weight excluding hydrogens is 161 g/mol. The third-order valence-electron chi connectivity index (χ3n) is 0.500. The van der Waals surface area contributed by atoms with Crippen LogP contribution >= 0.6 is 0 Å². The van der Waals surface area contributed by atoms with Gasteiger partial charge in [-0.2, -0.15) is 6.92 Å². The molecule has 0 amide bonds. The summed E-state index contributed by atoms with van der Waals surface area (Å²) in [5.41, 5.74) is 0.194. The molecule has 0 aliphatic heterocycles. The second-order valence-electron chi connectivity index (χ2n) is 2.53. The summed E-state index contributed by atoms with van der Waals surface area (Å²) in [6, 6.07) is 0. The topological polar surface area (TPSA) is 0 Å². The average Bonchev–Trinajstić information content (AvgIpc) is 1.71. The molecule has 0 rings (SSSR count). The van der Waals surface area contributed by atoms with Gasteiger partial charge in [-0.25, -0.2) is 0 Å². The van der Waals surface area contributed by atoms with Crippen molar-refractivity contribution in [2.75, 3.05) is 0 Å². The molecule has 0 aliphatic rings. The van der Waals surface area contributed by atoms with Crippen LogP contribution in [-0.2, 0) is 19.5 Å². The van der Waals surface area contributed by atoms with Crippen molar-refractivity contribution in [2.45, 2.75) is 27.7 Å². The molecule has 0 aliphatic carbocycles. The van der Waals surface area contributed by atoms with Crippen LogP contribution in [0.3, 0.4) is 0 Å². The second-order valence-corrected chi connectivity index (χ2v) is 2.53. The minimum atomic E-state index is 0. The van der Waals surface area contributed by atoms with E-state index in [9.17, 15) is 0 Å². The predicted molar refractivity (Wildman–Crippen MR) is 39.4 cm³/mol. The Morgan fingerprint density at radius 1 is 1.22 bits per heavy atom. The van der Waals surface area contributed by atoms with Gasteiger partial charge < -0.3 is 13.5 Å². The van der Waals surface area contributed by atoms with Gasteiger partial charge in [0.25, 0.3) is 0 Å². The number of rotatable bonds is 0. The van der Waals surface area contributed by atoms with Crippen LogP contribution in [0.1, 0.15) is 27.7 Å². The molecule has 0 fully saturated rings. The molecule has 0 atom stereocenters. The fourth-order valence-electron chi connectivity index (χ4n) is 0. The van der Waals surface area contributed by atoms with Crippen LogP contribution in [0.15, 0.2) is 6.08 Å². The molecule has 0 heterocycles. The first kappa shape index (κ1) is 16.2. The predicted octanol–water partition coefficient (Wildman–Crippen LogP) is 2.86. The fraction of sp³-hybridized carbons (Fsp3) is 0.625. The minimum Gasteiger partial charge on any atom is -0.517 e. The van der Waals surface area contributed by atoms with Gasteiger partial charge in [0.15, 0.2) is 0 Å². The summed E-state index contributed by atoms with van der Waals surface area (Å²) < 4.78 is 0. The Kier molecular flexibility index (Phi) is 15.0. The first-order valence-electron chi connectivity index (χ1n) is 2.83. The maximum atomic E-state index is 5.18. The third-order valence-corrected chi connectivity index (χ3v) is 0.500. The maximum absolute atomic E-state index is 5.18. The Balaban J connectivity index is -0.000000109. The first-order chi connectivity index (χ1) is 3.56. The Labute approximate surface area is 72.5 Å². The zero-order valence-electron chi connectivity index (χ0n) is 7.07. The zero-order valence-corrected chi connectivity index (χ0v) is 10.0. The van der Waals surface area contributed by atoms with E-state index in [1.165, 1.54) is 0 Å². The summed E-state index contributed by atoms with van der Waals surface area (Å²) in [6.45, 7) is 16.4. The van der Waals surface area contributed by atoms with E-state index < -0.39 is 0 Å². The molecule has 0 N–H and O–H groups in total. The summed E-state index contributed by atoms with van der Waals surface area (Å²) in [4.78, 5) is 0. The molecule has 0 saturated heterocycles. The van der Waals surface area contributed by atoms with Crippen molar-refractivity contribution in [1.82, 2.24) is 0 Å². The van der Waals surface area contributed by atoms with E-state index in [2.05, 4.69) is 27.7 Å². The molecule has 0 nitrogen and oxygen atoms in total. The van der Waals surface area contributed by atoms with E-state index in [1.807, 2.05) is 0 Å². The quantitative estimate of drug-likeness (QED) is 0.394. The van der Waals surface area contributed by atoms with Gasteiger partial charge in [0, 0.05) is 0 Å². The van der Waals surface area contributed by atoms with Crippen LogP contribution in [0.2, 0.25) is 0 Å². The van der Waals surface area contributed by atoms with E-state index in [4.69, 9.17) is 6.58 Å². The summed E-state index contributed by atoms with van der Waals surface area (Å²) in [5.74, 6) is 0. The second kappa shape index (κ2) is 8.36. The molecule has 0 saturated carbocycles. The van der Waals surface area contributed by atoms with Crippen LogP contribution in [-0.4, -0.2) is 0 Å². The number of hydrogen-bond acceptors (Lipinski definition) is 0. The molecule has 50 valence electrons. The van der Waals surface area contributed by atoms with Gasteiger partial charge in [0.2, 0.25) is 0 Å². The Hall–Kier alpha value is 0.363. The van der Waals surface area contributed by atoms with Gasteiger partial charge in [-0.05, 0) is 0 Å². The number of allylic oxidation sites excluding steroid dienone is 1. The normalized spacial score (nSPS) is 8.11. The molecule has 0 bridgehead atoms. The van der Waals surface area contributed by atoms with Crippen LogP contribution < -0.4 is 0 Å². The summed E-state index contributed by atoms with van der Waals surface area (Å²) in [6.07, 6.45) is 1.69. The van der Waals surface area contributed by atoms with Crippen LogP contribution in [0.25, 0.3) is 0 Å². The van der Waals surface area contributed by atoms with E-state index in [1.54, 1.807) is 13.0 Å². The molecule has 1 heteroatoms. The monoisotopic (exact) mass is 176 g/mol. The zero-order chi connectivity index (χ0) is 7.21. The van der Waals surface area contributed by atoms with Crippen molar-refractivity contribution in [3.05, 3.63) is 19.6 Å². The molecule has 0 spiro atoms. The average molecular weight is 178 g/mol. The van der Waals surface area contributed by atoms with Gasteiger partial charge in [-0.3, -0.25) is 6.08 Å². The first-order valence-corrected chi connectivity index (χ1v) is 2.83. The fourth-order valence-corrected chi connectivity index (χ4v) is 0. The van der Waals surface area contributed by atoms with Crippen molar-refractivity contribution in [3.8, 4) is 0 Å². The molecule has 0 unspecified atom stereocenters. The van der Waals surface area contributed by atoms with Crippen LogP contribution in [0, 0.1) is 18.9 Å². The molecule has 9 heavy (non-hydrogen) atoms. The maximum Gasteiger partial charge on any atom is 2.00 e. The molecule has 0 aromatic rings. The van der Waals surface area contributed by atoms with Crippen molar-refractivity contribution in [3.63, 3.8) is 0 Å². The molecular formula is C8H16Zn. The SMILES string of the molecule is [CH-]=CC(C)(C)C.[CH2-]C.[Zn+2]. The molecule has 0 radical (unpaired) electrons. The van der Waals surface area contributed by atoms with Gasteiger partial charge >= 0.3 is 19.5 Å². The third kappa shape index (κ3) is 29.9.